The highest BCUT2D eigenvalue weighted by Gasteiger charge is 2.71. The molecular formula is C36H62O9. The fourth-order valence-electron chi connectivity index (χ4n) is 11.9. The Kier molecular flexibility index (Phi) is 9.80. The Morgan fingerprint density at radius 2 is 1.60 bits per heavy atom. The van der Waals surface area contributed by atoms with Crippen molar-refractivity contribution >= 4 is 0 Å². The number of ether oxygens (including phenoxy) is 2. The highest BCUT2D eigenvalue weighted by Crippen LogP contribution is 2.75. The molecule has 45 heavy (non-hydrogen) atoms. The molecule has 4 aliphatic carbocycles. The zero-order valence-corrected chi connectivity index (χ0v) is 28.7. The molecule has 9 heteroatoms. The van der Waals surface area contributed by atoms with Crippen molar-refractivity contribution in [3.05, 3.63) is 11.6 Å². The Labute approximate surface area is 270 Å². The summed E-state index contributed by atoms with van der Waals surface area (Å²) < 4.78 is 11.1. The van der Waals surface area contributed by atoms with Gasteiger partial charge in [-0.3, -0.25) is 0 Å². The van der Waals surface area contributed by atoms with Crippen LogP contribution in [0.25, 0.3) is 0 Å². The molecule has 0 aromatic carbocycles. The van der Waals surface area contributed by atoms with Gasteiger partial charge in [-0.05, 0) is 117 Å². The monoisotopic (exact) mass is 638 g/mol. The SMILES string of the molecule is C/C(=C\CC[C@](C)(O)[C@H]1CC[C@]2(C)[C@@H]1CC[C@@H]1[C@@]3(C)CC[C@H](O)C(C)(C)[C@@H]3[C@@H](O)C[C@]12C)CO[C@@H]1O[C@H](CO)[C@@H](O)[C@H](O)[C@H]1O. The van der Waals surface area contributed by atoms with E-state index in [9.17, 15) is 35.7 Å². The largest absolute Gasteiger partial charge is 0.394 e. The van der Waals surface area contributed by atoms with Crippen LogP contribution in [0.4, 0.5) is 0 Å². The third-order valence-electron chi connectivity index (χ3n) is 14.5. The van der Waals surface area contributed by atoms with Gasteiger partial charge in [-0.15, -0.1) is 0 Å². The summed E-state index contributed by atoms with van der Waals surface area (Å²) in [7, 11) is 0. The second-order valence-corrected chi connectivity index (χ2v) is 17.3. The molecule has 7 N–H and O–H groups in total. The molecule has 0 radical (unpaired) electrons. The van der Waals surface area contributed by atoms with E-state index in [2.05, 4.69) is 34.6 Å². The molecule has 5 rings (SSSR count). The maximum absolute atomic E-state index is 12.0. The molecular weight excluding hydrogens is 576 g/mol. The fourth-order valence-corrected chi connectivity index (χ4v) is 11.9. The number of fused-ring (bicyclic) bond motifs is 5. The fraction of sp³-hybridized carbons (Fsp3) is 0.944. The van der Waals surface area contributed by atoms with Gasteiger partial charge in [0.25, 0.3) is 0 Å². The zero-order chi connectivity index (χ0) is 33.3. The van der Waals surface area contributed by atoms with Crippen LogP contribution in [0.5, 0.6) is 0 Å². The van der Waals surface area contributed by atoms with Crippen LogP contribution < -0.4 is 0 Å². The van der Waals surface area contributed by atoms with Crippen molar-refractivity contribution in [1.29, 1.82) is 0 Å². The number of hydrogen-bond donors (Lipinski definition) is 7. The van der Waals surface area contributed by atoms with Crippen molar-refractivity contribution in [2.75, 3.05) is 13.2 Å². The van der Waals surface area contributed by atoms with Crippen molar-refractivity contribution in [2.45, 2.75) is 155 Å². The van der Waals surface area contributed by atoms with Crippen LogP contribution >= 0.6 is 0 Å². The highest BCUT2D eigenvalue weighted by molar-refractivity contribution is 5.20. The lowest BCUT2D eigenvalue weighted by Gasteiger charge is -2.71. The summed E-state index contributed by atoms with van der Waals surface area (Å²) >= 11 is 0. The van der Waals surface area contributed by atoms with Crippen molar-refractivity contribution in [2.24, 2.45) is 45.3 Å². The van der Waals surface area contributed by atoms with Crippen LogP contribution in [-0.4, -0.2) is 97.5 Å². The number of aliphatic hydroxyl groups is 7. The van der Waals surface area contributed by atoms with Gasteiger partial charge < -0.3 is 45.2 Å². The summed E-state index contributed by atoms with van der Waals surface area (Å²) in [4.78, 5) is 0. The third kappa shape index (κ3) is 5.68. The van der Waals surface area contributed by atoms with Gasteiger partial charge in [0.1, 0.15) is 24.4 Å². The summed E-state index contributed by atoms with van der Waals surface area (Å²) in [5.41, 5.74) is -0.321. The van der Waals surface area contributed by atoms with Crippen LogP contribution in [-0.2, 0) is 9.47 Å². The van der Waals surface area contributed by atoms with E-state index in [1.54, 1.807) is 0 Å². The van der Waals surface area contributed by atoms with Gasteiger partial charge >= 0.3 is 0 Å². The molecule has 0 aromatic heterocycles. The molecule has 0 aromatic rings. The van der Waals surface area contributed by atoms with E-state index < -0.39 is 49.0 Å². The minimum absolute atomic E-state index is 0.0186. The second-order valence-electron chi connectivity index (χ2n) is 17.3. The predicted octanol–water partition coefficient (Wildman–Crippen LogP) is 3.30. The number of aliphatic hydroxyl groups excluding tert-OH is 6. The summed E-state index contributed by atoms with van der Waals surface area (Å²) in [6, 6.07) is 0. The first-order chi connectivity index (χ1) is 20.8. The first-order valence-corrected chi connectivity index (χ1v) is 17.5. The Balaban J connectivity index is 1.23. The molecule has 1 heterocycles. The lowest BCUT2D eigenvalue weighted by atomic mass is 9.35. The molecule has 5 aliphatic rings. The molecule has 0 bridgehead atoms. The smallest absolute Gasteiger partial charge is 0.187 e. The van der Waals surface area contributed by atoms with Crippen molar-refractivity contribution in [3.8, 4) is 0 Å². The Hall–Kier alpha value is -0.620. The van der Waals surface area contributed by atoms with E-state index in [-0.39, 0.29) is 46.2 Å². The van der Waals surface area contributed by atoms with Gasteiger partial charge in [-0.25, -0.2) is 0 Å². The molecule has 4 saturated carbocycles. The average Bonchev–Trinajstić information content (AvgIpc) is 3.32. The molecule has 9 nitrogen and oxygen atoms in total. The van der Waals surface area contributed by atoms with E-state index in [1.165, 1.54) is 0 Å². The Morgan fingerprint density at radius 1 is 0.911 bits per heavy atom. The Bertz CT molecular complexity index is 1090. The minimum Gasteiger partial charge on any atom is -0.394 e. The molecule has 0 amide bonds. The van der Waals surface area contributed by atoms with Gasteiger partial charge in [0, 0.05) is 0 Å². The first-order valence-electron chi connectivity index (χ1n) is 17.5. The molecule has 0 spiro atoms. The van der Waals surface area contributed by atoms with Crippen LogP contribution in [0.2, 0.25) is 0 Å². The molecule has 1 saturated heterocycles. The van der Waals surface area contributed by atoms with Gasteiger partial charge in [0.05, 0.1) is 31.0 Å². The number of allylic oxidation sites excluding steroid dienone is 1. The number of hydrogen-bond acceptors (Lipinski definition) is 9. The average molecular weight is 639 g/mol. The van der Waals surface area contributed by atoms with Gasteiger partial charge in [-0.1, -0.05) is 46.3 Å². The summed E-state index contributed by atoms with van der Waals surface area (Å²) in [6.07, 6.45) is 2.66. The summed E-state index contributed by atoms with van der Waals surface area (Å²) in [5, 5.41) is 74.4. The van der Waals surface area contributed by atoms with Crippen molar-refractivity contribution in [3.63, 3.8) is 0 Å². The molecule has 1 aliphatic heterocycles. The van der Waals surface area contributed by atoms with E-state index in [4.69, 9.17) is 9.47 Å². The Morgan fingerprint density at radius 3 is 2.27 bits per heavy atom. The standard InChI is InChI=1S/C36H62O9/c1-20(19-44-31-29(42)28(41)27(40)24(18-37)45-31)9-8-14-36(7,43)22-12-16-34(5)21(22)10-11-25-33(4)15-13-26(39)32(2,3)30(33)23(38)17-35(25,34)6/h9,21-31,37-43H,8,10-19H2,1-7H3/b20-9+/t21-,22+,23+,24-,25-,26+,27-,28+,29-,30+,31-,33-,34-,35-,36+/m1/s1. The number of rotatable bonds is 8. The highest BCUT2D eigenvalue weighted by atomic mass is 16.7. The van der Waals surface area contributed by atoms with Crippen LogP contribution in [0.3, 0.4) is 0 Å². The van der Waals surface area contributed by atoms with E-state index in [0.29, 0.717) is 24.7 Å². The topological polar surface area (TPSA) is 160 Å². The van der Waals surface area contributed by atoms with Crippen LogP contribution in [0.1, 0.15) is 106 Å². The van der Waals surface area contributed by atoms with E-state index in [1.807, 2.05) is 19.9 Å². The first kappa shape index (κ1) is 35.7. The predicted molar refractivity (Wildman–Crippen MR) is 170 cm³/mol. The lowest BCUT2D eigenvalue weighted by Crippen LogP contribution is -2.68. The third-order valence-corrected chi connectivity index (χ3v) is 14.5. The van der Waals surface area contributed by atoms with E-state index in [0.717, 1.165) is 50.5 Å². The summed E-state index contributed by atoms with van der Waals surface area (Å²) in [6.45, 7) is 15.1. The quantitative estimate of drug-likeness (QED) is 0.198. The summed E-state index contributed by atoms with van der Waals surface area (Å²) in [5.74, 6) is 1.10. The van der Waals surface area contributed by atoms with Crippen molar-refractivity contribution < 1.29 is 45.2 Å². The molecule has 5 fully saturated rings. The van der Waals surface area contributed by atoms with E-state index >= 15 is 0 Å². The molecule has 0 unspecified atom stereocenters. The normalized spacial score (nSPS) is 51.2. The molecule has 260 valence electrons. The van der Waals surface area contributed by atoms with Crippen LogP contribution in [0, 0.1) is 45.3 Å². The van der Waals surface area contributed by atoms with Gasteiger partial charge in [-0.2, -0.15) is 0 Å². The minimum atomic E-state index is -1.47. The molecule has 15 atom stereocenters. The maximum Gasteiger partial charge on any atom is 0.187 e. The van der Waals surface area contributed by atoms with Gasteiger partial charge in [0.2, 0.25) is 0 Å². The van der Waals surface area contributed by atoms with Gasteiger partial charge in [0.15, 0.2) is 6.29 Å². The second kappa shape index (κ2) is 12.4. The van der Waals surface area contributed by atoms with Crippen LogP contribution in [0.15, 0.2) is 11.6 Å². The lowest BCUT2D eigenvalue weighted by molar-refractivity contribution is -0.299. The zero-order valence-electron chi connectivity index (χ0n) is 28.7. The maximum atomic E-state index is 12.0. The van der Waals surface area contributed by atoms with Crippen molar-refractivity contribution in [1.82, 2.24) is 0 Å².